The van der Waals surface area contributed by atoms with E-state index in [4.69, 9.17) is 5.73 Å². The standard InChI is InChI=1S/C11H10N6O3/c12-10-14-11-13-7(5-9(18)16(11)15-10)6-3-1-2-4-8(6)17(19)20/h1-4,7H,5H2,(H3,12,13,14,15)/t7-/m1/s1. The third-order valence-corrected chi connectivity index (χ3v) is 3.05. The Morgan fingerprint density at radius 1 is 1.45 bits per heavy atom. The second-order valence-electron chi connectivity index (χ2n) is 4.32. The van der Waals surface area contributed by atoms with Gasteiger partial charge in [-0.3, -0.25) is 14.9 Å². The highest BCUT2D eigenvalue weighted by Gasteiger charge is 2.31. The van der Waals surface area contributed by atoms with Gasteiger partial charge in [-0.05, 0) is 0 Å². The number of benzene rings is 1. The van der Waals surface area contributed by atoms with Crippen LogP contribution in [0.2, 0.25) is 0 Å². The Balaban J connectivity index is 2.02. The summed E-state index contributed by atoms with van der Waals surface area (Å²) >= 11 is 0. The lowest BCUT2D eigenvalue weighted by atomic mass is 10.0. The van der Waals surface area contributed by atoms with Crippen LogP contribution >= 0.6 is 0 Å². The number of carbonyl (C=O) groups excluding carboxylic acids is 1. The van der Waals surface area contributed by atoms with Crippen LogP contribution < -0.4 is 11.1 Å². The number of hydrogen-bond donors (Lipinski definition) is 2. The number of nitrogens with zero attached hydrogens (tertiary/aromatic N) is 4. The molecule has 9 heteroatoms. The van der Waals surface area contributed by atoms with Gasteiger partial charge in [-0.2, -0.15) is 9.67 Å². The molecule has 1 aliphatic rings. The molecule has 3 N–H and O–H groups in total. The Hall–Kier alpha value is -2.97. The molecular weight excluding hydrogens is 264 g/mol. The Bertz CT molecular complexity index is 710. The number of nitro groups is 1. The minimum absolute atomic E-state index is 0.0240. The van der Waals surface area contributed by atoms with Crippen LogP contribution in [0.5, 0.6) is 0 Å². The van der Waals surface area contributed by atoms with Crippen LogP contribution in [-0.4, -0.2) is 25.6 Å². The molecule has 2 aromatic rings. The largest absolute Gasteiger partial charge is 0.366 e. The zero-order valence-corrected chi connectivity index (χ0v) is 10.2. The first kappa shape index (κ1) is 12.1. The van der Waals surface area contributed by atoms with Gasteiger partial charge in [0.15, 0.2) is 0 Å². The summed E-state index contributed by atoms with van der Waals surface area (Å²) < 4.78 is 1.07. The topological polar surface area (TPSA) is 129 Å². The van der Waals surface area contributed by atoms with Crippen LogP contribution in [0.4, 0.5) is 17.6 Å². The van der Waals surface area contributed by atoms with Crippen LogP contribution in [0.15, 0.2) is 24.3 Å². The molecule has 0 bridgehead atoms. The maximum atomic E-state index is 12.0. The number of rotatable bonds is 2. The minimum atomic E-state index is -0.528. The lowest BCUT2D eigenvalue weighted by molar-refractivity contribution is -0.385. The van der Waals surface area contributed by atoms with E-state index in [0.29, 0.717) is 5.56 Å². The van der Waals surface area contributed by atoms with E-state index < -0.39 is 11.0 Å². The average molecular weight is 274 g/mol. The molecule has 2 heterocycles. The van der Waals surface area contributed by atoms with E-state index in [1.54, 1.807) is 18.2 Å². The molecule has 102 valence electrons. The first-order chi connectivity index (χ1) is 9.56. The van der Waals surface area contributed by atoms with Crippen molar-refractivity contribution in [2.24, 2.45) is 0 Å². The number of hydrogen-bond acceptors (Lipinski definition) is 7. The van der Waals surface area contributed by atoms with E-state index in [0.717, 1.165) is 4.68 Å². The molecule has 1 aromatic carbocycles. The maximum absolute atomic E-state index is 12.0. The molecule has 0 radical (unpaired) electrons. The van der Waals surface area contributed by atoms with Crippen molar-refractivity contribution in [3.8, 4) is 0 Å². The van der Waals surface area contributed by atoms with Crippen molar-refractivity contribution in [2.75, 3.05) is 11.1 Å². The van der Waals surface area contributed by atoms with Crippen molar-refractivity contribution in [1.82, 2.24) is 14.8 Å². The van der Waals surface area contributed by atoms with Gasteiger partial charge in [0.1, 0.15) is 0 Å². The Kier molecular flexibility index (Phi) is 2.60. The van der Waals surface area contributed by atoms with Crippen molar-refractivity contribution in [2.45, 2.75) is 12.5 Å². The molecule has 1 aliphatic heterocycles. The number of para-hydroxylation sites is 1. The average Bonchev–Trinajstić information content (AvgIpc) is 2.79. The summed E-state index contributed by atoms with van der Waals surface area (Å²) in [5.41, 5.74) is 5.83. The van der Waals surface area contributed by atoms with Crippen molar-refractivity contribution in [1.29, 1.82) is 0 Å². The number of nitro benzene ring substituents is 1. The third-order valence-electron chi connectivity index (χ3n) is 3.05. The second-order valence-corrected chi connectivity index (χ2v) is 4.32. The Morgan fingerprint density at radius 3 is 2.95 bits per heavy atom. The van der Waals surface area contributed by atoms with Crippen LogP contribution in [0.25, 0.3) is 0 Å². The summed E-state index contributed by atoms with van der Waals surface area (Å²) in [4.78, 5) is 26.4. The van der Waals surface area contributed by atoms with Gasteiger partial charge >= 0.3 is 0 Å². The fourth-order valence-electron chi connectivity index (χ4n) is 2.20. The molecule has 9 nitrogen and oxygen atoms in total. The molecule has 1 aromatic heterocycles. The van der Waals surface area contributed by atoms with Gasteiger partial charge < -0.3 is 11.1 Å². The lowest BCUT2D eigenvalue weighted by Crippen LogP contribution is -2.29. The number of nitrogen functional groups attached to an aromatic ring is 1. The zero-order valence-electron chi connectivity index (χ0n) is 10.2. The highest BCUT2D eigenvalue weighted by atomic mass is 16.6. The first-order valence-electron chi connectivity index (χ1n) is 5.82. The van der Waals surface area contributed by atoms with E-state index in [1.165, 1.54) is 6.07 Å². The summed E-state index contributed by atoms with van der Waals surface area (Å²) in [6.07, 6.45) is 0.0423. The number of carbonyl (C=O) groups is 1. The second kappa shape index (κ2) is 4.30. The number of nitrogens with one attached hydrogen (secondary N) is 1. The fraction of sp³-hybridized carbons (Fsp3) is 0.182. The van der Waals surface area contributed by atoms with Gasteiger partial charge in [0.25, 0.3) is 11.6 Å². The van der Waals surface area contributed by atoms with Gasteiger partial charge in [0.2, 0.25) is 11.9 Å². The maximum Gasteiger partial charge on any atom is 0.274 e. The summed E-state index contributed by atoms with van der Waals surface area (Å²) in [5, 5.41) is 17.7. The molecule has 0 saturated carbocycles. The molecular formula is C11H10N6O3. The van der Waals surface area contributed by atoms with Crippen LogP contribution in [0, 0.1) is 10.1 Å². The fourth-order valence-corrected chi connectivity index (χ4v) is 2.20. The van der Waals surface area contributed by atoms with Gasteiger partial charge in [-0.25, -0.2) is 0 Å². The van der Waals surface area contributed by atoms with Gasteiger partial charge in [0.05, 0.1) is 22.9 Å². The summed E-state index contributed by atoms with van der Waals surface area (Å²) in [6, 6.07) is 5.74. The van der Waals surface area contributed by atoms with E-state index in [-0.39, 0.29) is 29.9 Å². The van der Waals surface area contributed by atoms with E-state index in [9.17, 15) is 14.9 Å². The van der Waals surface area contributed by atoms with Crippen molar-refractivity contribution >= 4 is 23.5 Å². The molecule has 0 fully saturated rings. The first-order valence-corrected chi connectivity index (χ1v) is 5.82. The SMILES string of the molecule is Nc1nc2n(n1)C(=O)C[C@H](c1ccccc1[N+](=O)[O-])N2. The molecule has 0 amide bonds. The van der Waals surface area contributed by atoms with Gasteiger partial charge in [-0.1, -0.05) is 18.2 Å². The molecule has 0 unspecified atom stereocenters. The third kappa shape index (κ3) is 1.85. The number of fused-ring (bicyclic) bond motifs is 1. The number of anilines is 2. The Morgan fingerprint density at radius 2 is 2.20 bits per heavy atom. The number of nitrogens with two attached hydrogens (primary N) is 1. The quantitative estimate of drug-likeness (QED) is 0.616. The van der Waals surface area contributed by atoms with Crippen LogP contribution in [0.3, 0.4) is 0 Å². The Labute approximate surface area is 112 Å². The molecule has 0 spiro atoms. The van der Waals surface area contributed by atoms with E-state index >= 15 is 0 Å². The predicted octanol–water partition coefficient (Wildman–Crippen LogP) is 0.966. The summed E-state index contributed by atoms with van der Waals surface area (Å²) in [5.74, 6) is -0.142. The van der Waals surface area contributed by atoms with E-state index in [2.05, 4.69) is 15.4 Å². The number of aromatic nitrogens is 3. The van der Waals surface area contributed by atoms with Crippen LogP contribution in [0.1, 0.15) is 22.8 Å². The predicted molar refractivity (Wildman–Crippen MR) is 69.1 cm³/mol. The molecule has 20 heavy (non-hydrogen) atoms. The van der Waals surface area contributed by atoms with E-state index in [1.807, 2.05) is 0 Å². The normalized spacial score (nSPS) is 17.4. The lowest BCUT2D eigenvalue weighted by Gasteiger charge is -2.23. The van der Waals surface area contributed by atoms with Crippen molar-refractivity contribution < 1.29 is 9.72 Å². The van der Waals surface area contributed by atoms with Gasteiger partial charge in [0, 0.05) is 6.07 Å². The summed E-state index contributed by atoms with van der Waals surface area (Å²) in [7, 11) is 0. The molecule has 0 aliphatic carbocycles. The molecule has 3 rings (SSSR count). The highest BCUT2D eigenvalue weighted by molar-refractivity contribution is 5.84. The molecule has 1 atom stereocenters. The van der Waals surface area contributed by atoms with Crippen molar-refractivity contribution in [3.63, 3.8) is 0 Å². The summed E-state index contributed by atoms with van der Waals surface area (Å²) in [6.45, 7) is 0. The van der Waals surface area contributed by atoms with Gasteiger partial charge in [-0.15, -0.1) is 5.10 Å². The highest BCUT2D eigenvalue weighted by Crippen LogP contribution is 2.32. The molecule has 0 saturated heterocycles. The smallest absolute Gasteiger partial charge is 0.274 e. The van der Waals surface area contributed by atoms with Crippen molar-refractivity contribution in [3.05, 3.63) is 39.9 Å². The monoisotopic (exact) mass is 274 g/mol. The zero-order chi connectivity index (χ0) is 14.3. The van der Waals surface area contributed by atoms with Crippen LogP contribution in [-0.2, 0) is 0 Å². The minimum Gasteiger partial charge on any atom is -0.366 e.